The topological polar surface area (TPSA) is 77.6 Å². The van der Waals surface area contributed by atoms with Crippen LogP contribution in [0.2, 0.25) is 0 Å². The fourth-order valence-electron chi connectivity index (χ4n) is 3.98. The lowest BCUT2D eigenvalue weighted by Gasteiger charge is -2.23. The van der Waals surface area contributed by atoms with Crippen LogP contribution < -0.4 is 5.32 Å². The molecule has 0 radical (unpaired) electrons. The first-order chi connectivity index (χ1) is 13.7. The Labute approximate surface area is 162 Å². The minimum atomic E-state index is -0.112. The molecule has 4 aromatic rings. The van der Waals surface area contributed by atoms with Crippen LogP contribution in [-0.4, -0.2) is 30.2 Å². The number of amides is 1. The number of fused-ring (bicyclic) bond motifs is 2. The van der Waals surface area contributed by atoms with Crippen LogP contribution in [0.4, 0.5) is 5.82 Å². The number of aryl methyl sites for hydroxylation is 1. The largest absolute Gasteiger partial charge is 0.328 e. The molecule has 1 aromatic carbocycles. The first kappa shape index (κ1) is 16.7. The van der Waals surface area contributed by atoms with E-state index in [-0.39, 0.29) is 11.8 Å². The summed E-state index contributed by atoms with van der Waals surface area (Å²) in [5.41, 5.74) is 4.09. The second-order valence-corrected chi connectivity index (χ2v) is 6.98. The highest BCUT2D eigenvalue weighted by Crippen LogP contribution is 2.38. The summed E-state index contributed by atoms with van der Waals surface area (Å²) in [6.07, 6.45) is 5.78. The zero-order chi connectivity index (χ0) is 19.1. The molecule has 1 amide bonds. The fourth-order valence-corrected chi connectivity index (χ4v) is 3.98. The molecular formula is C21H20N6O. The summed E-state index contributed by atoms with van der Waals surface area (Å²) in [7, 11) is 0. The van der Waals surface area contributed by atoms with Crippen molar-refractivity contribution in [3.63, 3.8) is 0 Å². The molecule has 0 fully saturated rings. The molecule has 7 heteroatoms. The Morgan fingerprint density at radius 3 is 2.89 bits per heavy atom. The van der Waals surface area contributed by atoms with E-state index in [1.54, 1.807) is 6.20 Å². The Kier molecular flexibility index (Phi) is 3.93. The van der Waals surface area contributed by atoms with E-state index in [9.17, 15) is 4.79 Å². The molecule has 0 bridgehead atoms. The van der Waals surface area contributed by atoms with Gasteiger partial charge >= 0.3 is 0 Å². The predicted octanol–water partition coefficient (Wildman–Crippen LogP) is 3.17. The summed E-state index contributed by atoms with van der Waals surface area (Å²) in [4.78, 5) is 21.6. The highest BCUT2D eigenvalue weighted by molar-refractivity contribution is 5.94. The van der Waals surface area contributed by atoms with Crippen LogP contribution >= 0.6 is 0 Å². The predicted molar refractivity (Wildman–Crippen MR) is 106 cm³/mol. The Morgan fingerprint density at radius 1 is 1.18 bits per heavy atom. The molecule has 4 heterocycles. The van der Waals surface area contributed by atoms with Crippen molar-refractivity contribution < 1.29 is 4.79 Å². The van der Waals surface area contributed by atoms with Gasteiger partial charge < -0.3 is 9.88 Å². The maximum absolute atomic E-state index is 12.5. The number of hydrogen-bond donors (Lipinski definition) is 1. The van der Waals surface area contributed by atoms with Crippen LogP contribution in [0.5, 0.6) is 0 Å². The summed E-state index contributed by atoms with van der Waals surface area (Å²) in [5, 5.41) is 7.55. The number of carbonyl (C=O) groups excluding carboxylic acids is 1. The molecule has 0 spiro atoms. The summed E-state index contributed by atoms with van der Waals surface area (Å²) in [6.45, 7) is 3.46. The van der Waals surface area contributed by atoms with Crippen molar-refractivity contribution in [1.29, 1.82) is 0 Å². The standard InChI is InChI=1S/C21H20N6O/c1-2-26-18-8-4-3-7-17(18)24-20(26)15-10-19(28)25-21-16(15)12-23-27(21)13-14-6-5-9-22-11-14/h3-9,11-12,15H,2,10,13H2,1H3,(H,25,28)/t15-/m0/s1. The number of carbonyl (C=O) groups is 1. The van der Waals surface area contributed by atoms with E-state index in [4.69, 9.17) is 4.98 Å². The van der Waals surface area contributed by atoms with Crippen molar-refractivity contribution in [2.45, 2.75) is 32.4 Å². The molecule has 0 saturated heterocycles. The van der Waals surface area contributed by atoms with Crippen molar-refractivity contribution in [3.8, 4) is 0 Å². The summed E-state index contributed by atoms with van der Waals surface area (Å²) >= 11 is 0. The smallest absolute Gasteiger partial charge is 0.226 e. The van der Waals surface area contributed by atoms with Crippen LogP contribution in [0.15, 0.2) is 55.0 Å². The van der Waals surface area contributed by atoms with Gasteiger partial charge in [0, 0.05) is 30.9 Å². The number of nitrogens with one attached hydrogen (secondary N) is 1. The van der Waals surface area contributed by atoms with Gasteiger partial charge in [0.1, 0.15) is 11.6 Å². The van der Waals surface area contributed by atoms with Gasteiger partial charge in [0.15, 0.2) is 0 Å². The fraction of sp³-hybridized carbons (Fsp3) is 0.238. The van der Waals surface area contributed by atoms with Crippen LogP contribution in [0.3, 0.4) is 0 Å². The zero-order valence-electron chi connectivity index (χ0n) is 15.5. The number of para-hydroxylation sites is 2. The minimum absolute atomic E-state index is 0.0138. The van der Waals surface area contributed by atoms with Crippen molar-refractivity contribution in [3.05, 3.63) is 71.9 Å². The van der Waals surface area contributed by atoms with Crippen LogP contribution in [0.1, 0.15) is 36.2 Å². The molecule has 0 unspecified atom stereocenters. The molecule has 5 rings (SSSR count). The Balaban J connectivity index is 1.60. The second kappa shape index (κ2) is 6.60. The number of hydrogen-bond acceptors (Lipinski definition) is 4. The molecule has 3 aromatic heterocycles. The van der Waals surface area contributed by atoms with E-state index in [0.29, 0.717) is 13.0 Å². The highest BCUT2D eigenvalue weighted by Gasteiger charge is 2.33. The van der Waals surface area contributed by atoms with Crippen LogP contribution in [-0.2, 0) is 17.9 Å². The van der Waals surface area contributed by atoms with Gasteiger partial charge in [0.25, 0.3) is 0 Å². The third-order valence-electron chi connectivity index (χ3n) is 5.26. The molecule has 1 N–H and O–H groups in total. The van der Waals surface area contributed by atoms with Gasteiger partial charge in [0.05, 0.1) is 29.7 Å². The average molecular weight is 372 g/mol. The number of imidazole rings is 1. The van der Waals surface area contributed by atoms with E-state index < -0.39 is 0 Å². The number of rotatable bonds is 4. The normalized spacial score (nSPS) is 16.2. The first-order valence-corrected chi connectivity index (χ1v) is 9.44. The average Bonchev–Trinajstić information content (AvgIpc) is 3.29. The molecular weight excluding hydrogens is 352 g/mol. The van der Waals surface area contributed by atoms with Crippen LogP contribution in [0.25, 0.3) is 11.0 Å². The Bertz CT molecular complexity index is 1160. The highest BCUT2D eigenvalue weighted by atomic mass is 16.1. The molecule has 140 valence electrons. The monoisotopic (exact) mass is 372 g/mol. The van der Waals surface area contributed by atoms with Gasteiger partial charge in [-0.25, -0.2) is 9.67 Å². The number of benzene rings is 1. The maximum atomic E-state index is 12.5. The number of anilines is 1. The van der Waals surface area contributed by atoms with Gasteiger partial charge in [-0.15, -0.1) is 0 Å². The first-order valence-electron chi connectivity index (χ1n) is 9.44. The van der Waals surface area contributed by atoms with Crippen molar-refractivity contribution >= 4 is 22.8 Å². The summed E-state index contributed by atoms with van der Waals surface area (Å²) < 4.78 is 4.02. The Hall–Kier alpha value is -3.48. The third-order valence-corrected chi connectivity index (χ3v) is 5.26. The van der Waals surface area contributed by atoms with Gasteiger partial charge in [-0.2, -0.15) is 5.10 Å². The quantitative estimate of drug-likeness (QED) is 0.597. The lowest BCUT2D eigenvalue weighted by atomic mass is 9.93. The molecule has 7 nitrogen and oxygen atoms in total. The van der Waals surface area contributed by atoms with E-state index in [1.165, 1.54) is 0 Å². The molecule has 1 aliphatic rings. The Morgan fingerprint density at radius 2 is 2.07 bits per heavy atom. The van der Waals surface area contributed by atoms with Gasteiger partial charge in [-0.05, 0) is 30.7 Å². The SMILES string of the molecule is CCn1c([C@H]2CC(=O)Nc3c2cnn3Cc2cccnc2)nc2ccccc21. The van der Waals surface area contributed by atoms with Gasteiger partial charge in [0.2, 0.25) is 5.91 Å². The van der Waals surface area contributed by atoms with E-state index in [0.717, 1.165) is 40.3 Å². The number of pyridine rings is 1. The molecule has 1 aliphatic heterocycles. The molecule has 0 aliphatic carbocycles. The summed E-state index contributed by atoms with van der Waals surface area (Å²) in [5.74, 6) is 1.54. The molecule has 1 atom stereocenters. The van der Waals surface area contributed by atoms with E-state index >= 15 is 0 Å². The lowest BCUT2D eigenvalue weighted by molar-refractivity contribution is -0.116. The van der Waals surface area contributed by atoms with Crippen LogP contribution in [0, 0.1) is 0 Å². The van der Waals surface area contributed by atoms with Crippen molar-refractivity contribution in [2.75, 3.05) is 5.32 Å². The molecule has 0 saturated carbocycles. The van der Waals surface area contributed by atoms with Crippen molar-refractivity contribution in [1.82, 2.24) is 24.3 Å². The maximum Gasteiger partial charge on any atom is 0.226 e. The van der Waals surface area contributed by atoms with Crippen molar-refractivity contribution in [2.24, 2.45) is 0 Å². The van der Waals surface area contributed by atoms with Gasteiger partial charge in [-0.3, -0.25) is 9.78 Å². The minimum Gasteiger partial charge on any atom is -0.328 e. The number of nitrogens with zero attached hydrogens (tertiary/aromatic N) is 5. The van der Waals surface area contributed by atoms with E-state index in [1.807, 2.05) is 47.4 Å². The zero-order valence-corrected chi connectivity index (χ0v) is 15.5. The van der Waals surface area contributed by atoms with Gasteiger partial charge in [-0.1, -0.05) is 18.2 Å². The third kappa shape index (κ3) is 2.67. The number of aromatic nitrogens is 5. The lowest BCUT2D eigenvalue weighted by Crippen LogP contribution is -2.26. The van der Waals surface area contributed by atoms with E-state index in [2.05, 4.69) is 33.0 Å². The second-order valence-electron chi connectivity index (χ2n) is 6.98. The summed E-state index contributed by atoms with van der Waals surface area (Å²) in [6, 6.07) is 12.0. The molecule has 28 heavy (non-hydrogen) atoms.